The topological polar surface area (TPSA) is 64.3 Å². The molecule has 19 heavy (non-hydrogen) atoms. The Kier molecular flexibility index (Phi) is 4.58. The summed E-state index contributed by atoms with van der Waals surface area (Å²) in [4.78, 5) is 12.3. The summed E-state index contributed by atoms with van der Waals surface area (Å²) < 4.78 is 5.13. The number of hydrogen-bond donors (Lipinski definition) is 2. The number of nitrogens with one attached hydrogen (secondary N) is 1. The molecular formula is C14H20N2O2S. The first kappa shape index (κ1) is 14.1. The summed E-state index contributed by atoms with van der Waals surface area (Å²) in [5.41, 5.74) is 6.87. The van der Waals surface area contributed by atoms with Crippen molar-refractivity contribution in [2.75, 3.05) is 19.1 Å². The van der Waals surface area contributed by atoms with Crippen molar-refractivity contribution in [2.45, 2.75) is 30.6 Å². The number of carbonyl (C=O) groups excluding carboxylic acids is 1. The van der Waals surface area contributed by atoms with Gasteiger partial charge in [-0.3, -0.25) is 4.79 Å². The van der Waals surface area contributed by atoms with Crippen molar-refractivity contribution < 1.29 is 9.53 Å². The average Bonchev–Trinajstić information content (AvgIpc) is 2.85. The molecule has 2 atom stereocenters. The Bertz CT molecular complexity index is 465. The van der Waals surface area contributed by atoms with Crippen LogP contribution in [0.5, 0.6) is 5.75 Å². The van der Waals surface area contributed by atoms with E-state index >= 15 is 0 Å². The van der Waals surface area contributed by atoms with Crippen LogP contribution in [0.4, 0.5) is 5.69 Å². The number of hydrogen-bond acceptors (Lipinski definition) is 4. The lowest BCUT2D eigenvalue weighted by Crippen LogP contribution is -2.38. The number of nitrogens with two attached hydrogens (primary N) is 1. The molecule has 1 aliphatic rings. The van der Waals surface area contributed by atoms with E-state index in [2.05, 4.69) is 11.6 Å². The van der Waals surface area contributed by atoms with Crippen LogP contribution in [0.3, 0.4) is 0 Å². The number of carbonyl (C=O) groups is 1. The van der Waals surface area contributed by atoms with Crippen LogP contribution in [0.15, 0.2) is 18.2 Å². The van der Waals surface area contributed by atoms with Gasteiger partial charge in [0.1, 0.15) is 5.75 Å². The molecule has 2 rings (SSSR count). The zero-order valence-electron chi connectivity index (χ0n) is 11.3. The number of anilines is 1. The summed E-state index contributed by atoms with van der Waals surface area (Å²) in [6.07, 6.45) is 5.50. The second-order valence-corrected chi connectivity index (χ2v) is 5.86. The van der Waals surface area contributed by atoms with Gasteiger partial charge in [0.25, 0.3) is 5.91 Å². The predicted octanol–water partition coefficient (Wildman–Crippen LogP) is 2.29. The van der Waals surface area contributed by atoms with Gasteiger partial charge < -0.3 is 15.8 Å². The Hall–Kier alpha value is -1.36. The Morgan fingerprint density at radius 3 is 2.89 bits per heavy atom. The van der Waals surface area contributed by atoms with Crippen molar-refractivity contribution in [1.82, 2.24) is 5.32 Å². The summed E-state index contributed by atoms with van der Waals surface area (Å²) in [6, 6.07) is 5.36. The second-order valence-electron chi connectivity index (χ2n) is 4.78. The second kappa shape index (κ2) is 6.19. The minimum Gasteiger partial charge on any atom is -0.497 e. The Labute approximate surface area is 118 Å². The normalized spacial score (nSPS) is 22.2. The fourth-order valence-electron chi connectivity index (χ4n) is 2.50. The van der Waals surface area contributed by atoms with E-state index in [0.717, 1.165) is 6.42 Å². The Morgan fingerprint density at radius 2 is 2.21 bits per heavy atom. The molecule has 2 unspecified atom stereocenters. The van der Waals surface area contributed by atoms with Crippen molar-refractivity contribution in [3.8, 4) is 5.75 Å². The fourth-order valence-corrected chi connectivity index (χ4v) is 3.43. The first-order valence-electron chi connectivity index (χ1n) is 6.42. The van der Waals surface area contributed by atoms with Crippen molar-refractivity contribution in [3.63, 3.8) is 0 Å². The van der Waals surface area contributed by atoms with Crippen LogP contribution in [0.1, 0.15) is 29.6 Å². The molecule has 0 saturated heterocycles. The van der Waals surface area contributed by atoms with Crippen LogP contribution in [0.2, 0.25) is 0 Å². The maximum atomic E-state index is 12.3. The van der Waals surface area contributed by atoms with Gasteiger partial charge in [0.2, 0.25) is 0 Å². The lowest BCUT2D eigenvalue weighted by atomic mass is 10.1. The van der Waals surface area contributed by atoms with Gasteiger partial charge in [0.05, 0.1) is 7.11 Å². The molecule has 1 aliphatic carbocycles. The number of thioether (sulfide) groups is 1. The van der Waals surface area contributed by atoms with Gasteiger partial charge in [0.15, 0.2) is 0 Å². The molecule has 3 N–H and O–H groups in total. The first-order chi connectivity index (χ1) is 9.13. The average molecular weight is 280 g/mol. The molecule has 1 aromatic rings. The smallest absolute Gasteiger partial charge is 0.251 e. The van der Waals surface area contributed by atoms with Crippen LogP contribution in [-0.2, 0) is 0 Å². The molecule has 0 heterocycles. The monoisotopic (exact) mass is 280 g/mol. The van der Waals surface area contributed by atoms with Gasteiger partial charge in [-0.15, -0.1) is 0 Å². The Balaban J connectivity index is 2.09. The van der Waals surface area contributed by atoms with Gasteiger partial charge in [-0.2, -0.15) is 11.8 Å². The van der Waals surface area contributed by atoms with Gasteiger partial charge in [0, 0.05) is 28.6 Å². The third-order valence-corrected chi connectivity index (χ3v) is 4.67. The van der Waals surface area contributed by atoms with E-state index in [4.69, 9.17) is 10.5 Å². The van der Waals surface area contributed by atoms with Crippen molar-refractivity contribution in [1.29, 1.82) is 0 Å². The minimum atomic E-state index is -0.0726. The van der Waals surface area contributed by atoms with E-state index in [0.29, 0.717) is 22.3 Å². The highest BCUT2D eigenvalue weighted by Crippen LogP contribution is 2.28. The molecule has 0 radical (unpaired) electrons. The molecule has 1 saturated carbocycles. The van der Waals surface area contributed by atoms with E-state index in [1.54, 1.807) is 25.3 Å². The maximum absolute atomic E-state index is 12.3. The SMILES string of the molecule is COc1cc(N)cc(C(=O)NC2CCCC2SC)c1. The van der Waals surface area contributed by atoms with Crippen LogP contribution >= 0.6 is 11.8 Å². The molecule has 1 aromatic carbocycles. The summed E-state index contributed by atoms with van der Waals surface area (Å²) in [5.74, 6) is 0.537. The van der Waals surface area contributed by atoms with E-state index in [-0.39, 0.29) is 11.9 Å². The van der Waals surface area contributed by atoms with E-state index in [9.17, 15) is 4.79 Å². The molecular weight excluding hydrogens is 260 g/mol. The van der Waals surface area contributed by atoms with Crippen molar-refractivity contribution in [2.24, 2.45) is 0 Å². The number of ether oxygens (including phenoxy) is 1. The molecule has 0 bridgehead atoms. The quantitative estimate of drug-likeness (QED) is 0.831. The van der Waals surface area contributed by atoms with E-state index < -0.39 is 0 Å². The van der Waals surface area contributed by atoms with Crippen molar-refractivity contribution in [3.05, 3.63) is 23.8 Å². The van der Waals surface area contributed by atoms with Crippen LogP contribution in [-0.4, -0.2) is 30.6 Å². The van der Waals surface area contributed by atoms with Gasteiger partial charge in [-0.1, -0.05) is 6.42 Å². The standard InChI is InChI=1S/C14H20N2O2S/c1-18-11-7-9(6-10(15)8-11)14(17)16-12-4-3-5-13(12)19-2/h6-8,12-13H,3-5,15H2,1-2H3,(H,16,17). The summed E-state index contributed by atoms with van der Waals surface area (Å²) >= 11 is 1.82. The zero-order valence-corrected chi connectivity index (χ0v) is 12.1. The van der Waals surface area contributed by atoms with E-state index in [1.165, 1.54) is 12.8 Å². The molecule has 1 fully saturated rings. The fraction of sp³-hybridized carbons (Fsp3) is 0.500. The van der Waals surface area contributed by atoms with Gasteiger partial charge >= 0.3 is 0 Å². The largest absolute Gasteiger partial charge is 0.497 e. The zero-order chi connectivity index (χ0) is 13.8. The van der Waals surface area contributed by atoms with Gasteiger partial charge in [-0.05, 0) is 31.2 Å². The van der Waals surface area contributed by atoms with E-state index in [1.807, 2.05) is 11.8 Å². The summed E-state index contributed by atoms with van der Waals surface area (Å²) in [6.45, 7) is 0. The summed E-state index contributed by atoms with van der Waals surface area (Å²) in [7, 11) is 1.57. The lowest BCUT2D eigenvalue weighted by molar-refractivity contribution is 0.0938. The third kappa shape index (κ3) is 3.35. The molecule has 0 spiro atoms. The minimum absolute atomic E-state index is 0.0726. The van der Waals surface area contributed by atoms with Crippen LogP contribution in [0.25, 0.3) is 0 Å². The number of rotatable bonds is 4. The van der Waals surface area contributed by atoms with Gasteiger partial charge in [-0.25, -0.2) is 0 Å². The number of methoxy groups -OCH3 is 1. The molecule has 1 amide bonds. The first-order valence-corrected chi connectivity index (χ1v) is 7.71. The number of benzene rings is 1. The van der Waals surface area contributed by atoms with Crippen LogP contribution < -0.4 is 15.8 Å². The highest BCUT2D eigenvalue weighted by Gasteiger charge is 2.28. The Morgan fingerprint density at radius 1 is 1.42 bits per heavy atom. The predicted molar refractivity (Wildman–Crippen MR) is 79.8 cm³/mol. The number of amides is 1. The molecule has 0 aliphatic heterocycles. The maximum Gasteiger partial charge on any atom is 0.251 e. The number of nitrogen functional groups attached to an aromatic ring is 1. The highest BCUT2D eigenvalue weighted by molar-refractivity contribution is 7.99. The highest BCUT2D eigenvalue weighted by atomic mass is 32.2. The molecule has 104 valence electrons. The molecule has 0 aromatic heterocycles. The lowest BCUT2D eigenvalue weighted by Gasteiger charge is -2.19. The molecule has 5 heteroatoms. The van der Waals surface area contributed by atoms with Crippen LogP contribution in [0, 0.1) is 0 Å². The summed E-state index contributed by atoms with van der Waals surface area (Å²) in [5, 5.41) is 3.62. The van der Waals surface area contributed by atoms with Crippen molar-refractivity contribution >= 4 is 23.4 Å². The molecule has 4 nitrogen and oxygen atoms in total. The third-order valence-electron chi connectivity index (χ3n) is 3.50.